The average Bonchev–Trinajstić information content (AvgIpc) is 2.73. The van der Waals surface area contributed by atoms with Gasteiger partial charge < -0.3 is 5.32 Å². The van der Waals surface area contributed by atoms with Crippen LogP contribution in [0.1, 0.15) is 49.7 Å². The second-order valence-electron chi connectivity index (χ2n) is 7.72. The van der Waals surface area contributed by atoms with Crippen LogP contribution in [0.5, 0.6) is 0 Å². The van der Waals surface area contributed by atoms with Crippen molar-refractivity contribution >= 4 is 21.6 Å². The Morgan fingerprint density at radius 1 is 0.935 bits per heavy atom. The Morgan fingerprint density at radius 3 is 2.13 bits per heavy atom. The number of alkyl halides is 3. The lowest BCUT2D eigenvalue weighted by Crippen LogP contribution is -2.36. The van der Waals surface area contributed by atoms with Crippen LogP contribution < -0.4 is 10.0 Å². The van der Waals surface area contributed by atoms with Crippen molar-refractivity contribution in [3.8, 4) is 0 Å². The predicted octanol–water partition coefficient (Wildman–Crippen LogP) is 4.89. The van der Waals surface area contributed by atoms with Gasteiger partial charge >= 0.3 is 6.18 Å². The maximum atomic E-state index is 12.6. The van der Waals surface area contributed by atoms with Crippen molar-refractivity contribution < 1.29 is 26.4 Å². The van der Waals surface area contributed by atoms with Gasteiger partial charge in [-0.3, -0.25) is 4.79 Å². The van der Waals surface area contributed by atoms with Gasteiger partial charge in [0, 0.05) is 18.2 Å². The molecule has 3 rings (SSSR count). The Morgan fingerprint density at radius 2 is 1.55 bits per heavy atom. The Bertz CT molecular complexity index is 982. The number of carbonyl (C=O) groups is 1. The lowest BCUT2D eigenvalue weighted by atomic mass is 9.96. The van der Waals surface area contributed by atoms with Crippen molar-refractivity contribution in [3.05, 3.63) is 59.7 Å². The standard InChI is InChI=1S/C22H25F3N2O3S/c23-22(24,25)17-9-11-18(12-10-17)26-21(28)15-8-16-6-13-20(14-7-16)31(29,30)27-19-4-2-1-3-5-19/h6-7,9-14,19,27H,1-5,8,15H2,(H,26,28). The highest BCUT2D eigenvalue weighted by Gasteiger charge is 2.30. The van der Waals surface area contributed by atoms with Gasteiger partial charge in [-0.05, 0) is 61.2 Å². The van der Waals surface area contributed by atoms with Gasteiger partial charge in [0.2, 0.25) is 15.9 Å². The molecule has 1 aliphatic carbocycles. The van der Waals surface area contributed by atoms with E-state index in [1.54, 1.807) is 12.1 Å². The van der Waals surface area contributed by atoms with Gasteiger partial charge in [0.15, 0.2) is 0 Å². The van der Waals surface area contributed by atoms with Crippen LogP contribution in [0.4, 0.5) is 18.9 Å². The van der Waals surface area contributed by atoms with Crippen LogP contribution in [0.3, 0.4) is 0 Å². The van der Waals surface area contributed by atoms with Crippen molar-refractivity contribution in [1.82, 2.24) is 4.72 Å². The third-order valence-corrected chi connectivity index (χ3v) is 6.83. The number of amides is 1. The highest BCUT2D eigenvalue weighted by atomic mass is 32.2. The molecule has 1 aliphatic rings. The summed E-state index contributed by atoms with van der Waals surface area (Å²) in [7, 11) is -3.57. The number of hydrogen-bond acceptors (Lipinski definition) is 3. The van der Waals surface area contributed by atoms with Crippen LogP contribution in [0.25, 0.3) is 0 Å². The molecule has 0 aliphatic heterocycles. The normalized spacial score (nSPS) is 15.6. The lowest BCUT2D eigenvalue weighted by molar-refractivity contribution is -0.137. The van der Waals surface area contributed by atoms with Gasteiger partial charge in [0.1, 0.15) is 0 Å². The molecule has 0 saturated heterocycles. The minimum Gasteiger partial charge on any atom is -0.326 e. The summed E-state index contributed by atoms with van der Waals surface area (Å²) >= 11 is 0. The Kier molecular flexibility index (Phi) is 7.38. The number of aryl methyl sites for hydroxylation is 1. The Labute approximate surface area is 180 Å². The fourth-order valence-corrected chi connectivity index (χ4v) is 4.87. The van der Waals surface area contributed by atoms with Gasteiger partial charge in [-0.1, -0.05) is 31.4 Å². The van der Waals surface area contributed by atoms with Crippen LogP contribution in [0, 0.1) is 0 Å². The zero-order valence-corrected chi connectivity index (χ0v) is 17.7. The first-order valence-electron chi connectivity index (χ1n) is 10.2. The zero-order valence-electron chi connectivity index (χ0n) is 16.9. The zero-order chi connectivity index (χ0) is 22.5. The van der Waals surface area contributed by atoms with Gasteiger partial charge in [0.05, 0.1) is 10.5 Å². The van der Waals surface area contributed by atoms with E-state index in [4.69, 9.17) is 0 Å². The van der Waals surface area contributed by atoms with E-state index in [0.29, 0.717) is 6.42 Å². The number of rotatable bonds is 7. The number of anilines is 1. The molecule has 2 N–H and O–H groups in total. The molecule has 2 aromatic rings. The van der Waals surface area contributed by atoms with Crippen LogP contribution in [-0.4, -0.2) is 20.4 Å². The molecule has 0 radical (unpaired) electrons. The Balaban J connectivity index is 1.51. The molecule has 31 heavy (non-hydrogen) atoms. The molecule has 9 heteroatoms. The molecule has 0 aromatic heterocycles. The first-order valence-corrected chi connectivity index (χ1v) is 11.7. The minimum absolute atomic E-state index is 0.0210. The summed E-state index contributed by atoms with van der Waals surface area (Å²) in [6, 6.07) is 10.6. The van der Waals surface area contributed by atoms with Gasteiger partial charge in [-0.25, -0.2) is 13.1 Å². The van der Waals surface area contributed by atoms with E-state index in [9.17, 15) is 26.4 Å². The van der Waals surface area contributed by atoms with Crippen LogP contribution >= 0.6 is 0 Å². The van der Waals surface area contributed by atoms with E-state index < -0.39 is 21.8 Å². The van der Waals surface area contributed by atoms with Crippen molar-refractivity contribution in [2.24, 2.45) is 0 Å². The van der Waals surface area contributed by atoms with Gasteiger partial charge in [-0.2, -0.15) is 13.2 Å². The quantitative estimate of drug-likeness (QED) is 0.626. The molecule has 0 bridgehead atoms. The number of halogens is 3. The molecule has 1 saturated carbocycles. The molecule has 5 nitrogen and oxygen atoms in total. The number of carbonyl (C=O) groups excluding carboxylic acids is 1. The van der Waals surface area contributed by atoms with Crippen LogP contribution in [0.2, 0.25) is 0 Å². The smallest absolute Gasteiger partial charge is 0.326 e. The summed E-state index contributed by atoms with van der Waals surface area (Å²) in [5, 5.41) is 2.56. The molecule has 0 spiro atoms. The third-order valence-electron chi connectivity index (χ3n) is 5.30. The number of hydrogen-bond donors (Lipinski definition) is 2. The first-order chi connectivity index (χ1) is 14.6. The topological polar surface area (TPSA) is 75.3 Å². The van der Waals surface area contributed by atoms with E-state index in [2.05, 4.69) is 10.0 Å². The maximum Gasteiger partial charge on any atom is 0.416 e. The van der Waals surface area contributed by atoms with E-state index in [-0.39, 0.29) is 29.0 Å². The molecule has 2 aromatic carbocycles. The monoisotopic (exact) mass is 454 g/mol. The molecule has 0 unspecified atom stereocenters. The predicted molar refractivity (Wildman–Crippen MR) is 112 cm³/mol. The number of nitrogens with one attached hydrogen (secondary N) is 2. The summed E-state index contributed by atoms with van der Waals surface area (Å²) in [5.41, 5.74) is 0.297. The van der Waals surface area contributed by atoms with Gasteiger partial charge in [-0.15, -0.1) is 0 Å². The fraction of sp³-hybridized carbons (Fsp3) is 0.409. The Hall–Kier alpha value is -2.39. The van der Waals surface area contributed by atoms with E-state index in [1.165, 1.54) is 24.3 Å². The highest BCUT2D eigenvalue weighted by Crippen LogP contribution is 2.29. The number of benzene rings is 2. The van der Waals surface area contributed by atoms with Crippen LogP contribution in [0.15, 0.2) is 53.4 Å². The summed E-state index contributed by atoms with van der Waals surface area (Å²) in [6.07, 6.45) is 0.974. The van der Waals surface area contributed by atoms with Crippen molar-refractivity contribution in [3.63, 3.8) is 0 Å². The van der Waals surface area contributed by atoms with Crippen molar-refractivity contribution in [2.45, 2.75) is 62.1 Å². The fourth-order valence-electron chi connectivity index (χ4n) is 3.57. The van der Waals surface area contributed by atoms with Crippen molar-refractivity contribution in [2.75, 3.05) is 5.32 Å². The largest absolute Gasteiger partial charge is 0.416 e. The maximum absolute atomic E-state index is 12.6. The molecule has 0 heterocycles. The molecular formula is C22H25F3N2O3S. The SMILES string of the molecule is O=C(CCc1ccc(S(=O)(=O)NC2CCCCC2)cc1)Nc1ccc(C(F)(F)F)cc1. The highest BCUT2D eigenvalue weighted by molar-refractivity contribution is 7.89. The number of sulfonamides is 1. The molecule has 168 valence electrons. The summed E-state index contributed by atoms with van der Waals surface area (Å²) in [4.78, 5) is 12.3. The lowest BCUT2D eigenvalue weighted by Gasteiger charge is -2.22. The first kappa shape index (κ1) is 23.3. The second-order valence-corrected chi connectivity index (χ2v) is 9.44. The van der Waals surface area contributed by atoms with E-state index >= 15 is 0 Å². The molecular weight excluding hydrogens is 429 g/mol. The summed E-state index contributed by atoms with van der Waals surface area (Å²) < 4.78 is 65.5. The van der Waals surface area contributed by atoms with E-state index in [1.807, 2.05) is 0 Å². The molecule has 0 atom stereocenters. The third kappa shape index (κ3) is 6.80. The molecule has 1 amide bonds. The second kappa shape index (κ2) is 9.82. The van der Waals surface area contributed by atoms with Crippen LogP contribution in [-0.2, 0) is 27.4 Å². The molecule has 1 fully saturated rings. The average molecular weight is 455 g/mol. The summed E-state index contributed by atoms with van der Waals surface area (Å²) in [5.74, 6) is -0.338. The van der Waals surface area contributed by atoms with Crippen molar-refractivity contribution in [1.29, 1.82) is 0 Å². The minimum atomic E-state index is -4.42. The summed E-state index contributed by atoms with van der Waals surface area (Å²) in [6.45, 7) is 0. The van der Waals surface area contributed by atoms with Gasteiger partial charge in [0.25, 0.3) is 0 Å². The van der Waals surface area contributed by atoms with E-state index in [0.717, 1.165) is 49.8 Å².